The molecule has 1 aromatic heterocycles. The summed E-state index contributed by atoms with van der Waals surface area (Å²) < 4.78 is 14.0. The number of nitrogens with zero attached hydrogens (tertiary/aromatic N) is 2. The Labute approximate surface area is 102 Å². The Morgan fingerprint density at radius 1 is 1.28 bits per heavy atom. The van der Waals surface area contributed by atoms with Gasteiger partial charge in [0.05, 0.1) is 5.56 Å². The van der Waals surface area contributed by atoms with Crippen LogP contribution in [0.3, 0.4) is 0 Å². The van der Waals surface area contributed by atoms with E-state index < -0.39 is 11.8 Å². The van der Waals surface area contributed by atoms with Crippen molar-refractivity contribution in [2.45, 2.75) is 0 Å². The molecule has 0 aliphatic heterocycles. The van der Waals surface area contributed by atoms with E-state index in [1.165, 1.54) is 36.5 Å². The molecule has 0 spiro atoms. The number of carboxylic acid groups (broad SMARTS) is 1. The number of carbonyl (C=O) groups is 1. The summed E-state index contributed by atoms with van der Waals surface area (Å²) in [7, 11) is 0. The molecule has 2 rings (SSSR count). The molecule has 4 nitrogen and oxygen atoms in total. The lowest BCUT2D eigenvalue weighted by Gasteiger charge is -2.06. The average Bonchev–Trinajstić information content (AvgIpc) is 2.39. The number of benzene rings is 1. The lowest BCUT2D eigenvalue weighted by Crippen LogP contribution is -2.03. The SMILES string of the molecule is N#Cc1cccc(-c2cccnc2C(=O)O)c1F. The lowest BCUT2D eigenvalue weighted by atomic mass is 10.0. The fraction of sp³-hybridized carbons (Fsp3) is 0. The third kappa shape index (κ3) is 1.92. The van der Waals surface area contributed by atoms with Crippen LogP contribution in [-0.2, 0) is 0 Å². The van der Waals surface area contributed by atoms with Gasteiger partial charge in [0.2, 0.25) is 0 Å². The van der Waals surface area contributed by atoms with Crippen molar-refractivity contribution in [2.75, 3.05) is 0 Å². The highest BCUT2D eigenvalue weighted by atomic mass is 19.1. The first kappa shape index (κ1) is 11.7. The smallest absolute Gasteiger partial charge is 0.355 e. The summed E-state index contributed by atoms with van der Waals surface area (Å²) in [5.74, 6) is -1.98. The maximum Gasteiger partial charge on any atom is 0.355 e. The minimum absolute atomic E-state index is 0.0551. The van der Waals surface area contributed by atoms with E-state index in [9.17, 15) is 9.18 Å². The number of nitriles is 1. The summed E-state index contributed by atoms with van der Waals surface area (Å²) >= 11 is 0. The van der Waals surface area contributed by atoms with Crippen LogP contribution < -0.4 is 0 Å². The number of aromatic nitrogens is 1. The summed E-state index contributed by atoms with van der Waals surface area (Å²) in [5.41, 5.74) is -0.168. The first-order valence-corrected chi connectivity index (χ1v) is 5.02. The number of hydrogen-bond acceptors (Lipinski definition) is 3. The van der Waals surface area contributed by atoms with E-state index in [0.717, 1.165) is 0 Å². The second-order valence-electron chi connectivity index (χ2n) is 3.48. The van der Waals surface area contributed by atoms with Crippen molar-refractivity contribution in [3.05, 3.63) is 53.6 Å². The van der Waals surface area contributed by atoms with Crippen molar-refractivity contribution in [3.8, 4) is 17.2 Å². The van der Waals surface area contributed by atoms with Crippen LogP contribution in [0.15, 0.2) is 36.5 Å². The molecule has 1 aromatic carbocycles. The van der Waals surface area contributed by atoms with Gasteiger partial charge in [0, 0.05) is 17.3 Å². The maximum absolute atomic E-state index is 14.0. The van der Waals surface area contributed by atoms with Gasteiger partial charge in [-0.15, -0.1) is 0 Å². The summed E-state index contributed by atoms with van der Waals surface area (Å²) in [5, 5.41) is 17.7. The highest BCUT2D eigenvalue weighted by Gasteiger charge is 2.17. The number of rotatable bonds is 2. The van der Waals surface area contributed by atoms with Gasteiger partial charge in [-0.05, 0) is 12.1 Å². The molecule has 0 radical (unpaired) electrons. The number of hydrogen-bond donors (Lipinski definition) is 1. The second-order valence-corrected chi connectivity index (χ2v) is 3.48. The molecular formula is C13H7FN2O2. The first-order chi connectivity index (χ1) is 8.65. The van der Waals surface area contributed by atoms with E-state index in [-0.39, 0.29) is 22.4 Å². The zero-order valence-electron chi connectivity index (χ0n) is 9.09. The molecule has 1 N–H and O–H groups in total. The van der Waals surface area contributed by atoms with E-state index in [1.54, 1.807) is 6.07 Å². The summed E-state index contributed by atoms with van der Waals surface area (Å²) in [4.78, 5) is 14.7. The number of aromatic carboxylic acids is 1. The van der Waals surface area contributed by atoms with Crippen molar-refractivity contribution < 1.29 is 14.3 Å². The number of pyridine rings is 1. The molecule has 88 valence electrons. The van der Waals surface area contributed by atoms with Crippen molar-refractivity contribution in [1.82, 2.24) is 4.98 Å². The van der Waals surface area contributed by atoms with Crippen molar-refractivity contribution in [1.29, 1.82) is 5.26 Å². The highest BCUT2D eigenvalue weighted by Crippen LogP contribution is 2.26. The Morgan fingerprint density at radius 3 is 2.67 bits per heavy atom. The molecule has 0 fully saturated rings. The van der Waals surface area contributed by atoms with Crippen LogP contribution in [0, 0.1) is 17.1 Å². The Balaban J connectivity index is 2.71. The van der Waals surface area contributed by atoms with E-state index >= 15 is 0 Å². The summed E-state index contributed by atoms with van der Waals surface area (Å²) in [6, 6.07) is 8.92. The molecule has 18 heavy (non-hydrogen) atoms. The van der Waals surface area contributed by atoms with E-state index in [1.807, 2.05) is 0 Å². The minimum Gasteiger partial charge on any atom is -0.476 e. The molecule has 0 bridgehead atoms. The van der Waals surface area contributed by atoms with Gasteiger partial charge in [0.15, 0.2) is 5.69 Å². The Hall–Kier alpha value is -2.74. The standard InChI is InChI=1S/C13H7FN2O2/c14-11-8(7-15)3-1-4-9(11)10-5-2-6-16-12(10)13(17)18/h1-6H,(H,17,18). The van der Waals surface area contributed by atoms with E-state index in [4.69, 9.17) is 10.4 Å². The fourth-order valence-corrected chi connectivity index (χ4v) is 1.62. The molecule has 0 saturated carbocycles. The van der Waals surface area contributed by atoms with E-state index in [2.05, 4.69) is 4.98 Å². The Bertz CT molecular complexity index is 662. The molecule has 0 saturated heterocycles. The molecule has 1 heterocycles. The zero-order chi connectivity index (χ0) is 13.1. The summed E-state index contributed by atoms with van der Waals surface area (Å²) in [6.07, 6.45) is 1.32. The number of halogens is 1. The molecule has 0 unspecified atom stereocenters. The predicted molar refractivity (Wildman–Crippen MR) is 61.3 cm³/mol. The maximum atomic E-state index is 14.0. The largest absolute Gasteiger partial charge is 0.476 e. The molecular weight excluding hydrogens is 235 g/mol. The van der Waals surface area contributed by atoms with Crippen LogP contribution in [0.4, 0.5) is 4.39 Å². The molecule has 0 atom stereocenters. The van der Waals surface area contributed by atoms with Crippen molar-refractivity contribution in [2.24, 2.45) is 0 Å². The number of carboxylic acids is 1. The Kier molecular flexibility index (Phi) is 3.02. The van der Waals surface area contributed by atoms with E-state index in [0.29, 0.717) is 0 Å². The third-order valence-electron chi connectivity index (χ3n) is 2.42. The third-order valence-corrected chi connectivity index (χ3v) is 2.42. The van der Waals surface area contributed by atoms with Gasteiger partial charge in [0.25, 0.3) is 0 Å². The quantitative estimate of drug-likeness (QED) is 0.877. The second kappa shape index (κ2) is 4.63. The van der Waals surface area contributed by atoms with Crippen LogP contribution in [0.1, 0.15) is 16.1 Å². The van der Waals surface area contributed by atoms with Crippen molar-refractivity contribution in [3.63, 3.8) is 0 Å². The van der Waals surface area contributed by atoms with Gasteiger partial charge in [-0.3, -0.25) is 0 Å². The molecule has 5 heteroatoms. The molecule has 0 amide bonds. The lowest BCUT2D eigenvalue weighted by molar-refractivity contribution is 0.0691. The van der Waals surface area contributed by atoms with Crippen LogP contribution in [0.2, 0.25) is 0 Å². The molecule has 0 aliphatic rings. The summed E-state index contributed by atoms with van der Waals surface area (Å²) in [6.45, 7) is 0. The van der Waals surface area contributed by atoms with Crippen molar-refractivity contribution >= 4 is 5.97 Å². The van der Waals surface area contributed by atoms with Crippen LogP contribution in [-0.4, -0.2) is 16.1 Å². The highest BCUT2D eigenvalue weighted by molar-refractivity contribution is 5.94. The minimum atomic E-state index is -1.24. The van der Waals surface area contributed by atoms with Gasteiger partial charge in [-0.1, -0.05) is 18.2 Å². The van der Waals surface area contributed by atoms with Crippen LogP contribution in [0.25, 0.3) is 11.1 Å². The van der Waals surface area contributed by atoms with Gasteiger partial charge in [-0.25, -0.2) is 14.2 Å². The predicted octanol–water partition coefficient (Wildman–Crippen LogP) is 2.46. The zero-order valence-corrected chi connectivity index (χ0v) is 9.09. The normalized spacial score (nSPS) is 9.78. The molecule has 2 aromatic rings. The topological polar surface area (TPSA) is 74.0 Å². The molecule has 0 aliphatic carbocycles. The van der Waals surface area contributed by atoms with Gasteiger partial charge in [0.1, 0.15) is 11.9 Å². The Morgan fingerprint density at radius 2 is 2.00 bits per heavy atom. The first-order valence-electron chi connectivity index (χ1n) is 5.02. The fourth-order valence-electron chi connectivity index (χ4n) is 1.62. The average molecular weight is 242 g/mol. The monoisotopic (exact) mass is 242 g/mol. The van der Waals surface area contributed by atoms with Gasteiger partial charge < -0.3 is 5.11 Å². The van der Waals surface area contributed by atoms with Gasteiger partial charge in [-0.2, -0.15) is 5.26 Å². The van der Waals surface area contributed by atoms with Crippen LogP contribution in [0.5, 0.6) is 0 Å². The van der Waals surface area contributed by atoms with Crippen LogP contribution >= 0.6 is 0 Å². The van der Waals surface area contributed by atoms with Gasteiger partial charge >= 0.3 is 5.97 Å².